The number of amides is 2. The number of carbonyl (C=O) groups excluding carboxylic acids is 2. The third-order valence-electron chi connectivity index (χ3n) is 5.50. The zero-order chi connectivity index (χ0) is 31.0. The number of nitrogens with one attached hydrogen (secondary N) is 3. The van der Waals surface area contributed by atoms with Crippen molar-refractivity contribution < 1.29 is 42.6 Å². The molecule has 0 fully saturated rings. The number of alkyl halides is 3. The summed E-state index contributed by atoms with van der Waals surface area (Å²) in [4.78, 5) is 52.8. The van der Waals surface area contributed by atoms with E-state index >= 15 is 0 Å². The quantitative estimate of drug-likeness (QED) is 0.186. The van der Waals surface area contributed by atoms with Crippen LogP contribution >= 0.6 is 0 Å². The maximum atomic E-state index is 12.4. The summed E-state index contributed by atoms with van der Waals surface area (Å²) in [6, 6.07) is 18.2. The van der Waals surface area contributed by atoms with Crippen molar-refractivity contribution in [2.45, 2.75) is 37.9 Å². The molecule has 5 N–H and O–H groups in total. The van der Waals surface area contributed by atoms with E-state index in [9.17, 15) is 32.7 Å². The molecule has 0 saturated carbocycles. The second kappa shape index (κ2) is 16.9. The zero-order valence-electron chi connectivity index (χ0n) is 22.3. The third-order valence-corrected chi connectivity index (χ3v) is 5.50. The minimum atomic E-state index is -5.08. The van der Waals surface area contributed by atoms with Gasteiger partial charge in [-0.3, -0.25) is 14.4 Å². The number of aromatic nitrogens is 2. The highest BCUT2D eigenvalue weighted by Gasteiger charge is 2.38. The number of carboxylic acid groups (broad SMARTS) is 2. The van der Waals surface area contributed by atoms with Crippen LogP contribution in [0, 0.1) is 0 Å². The van der Waals surface area contributed by atoms with Crippen LogP contribution in [0.15, 0.2) is 73.1 Å². The Morgan fingerprint density at radius 2 is 1.40 bits per heavy atom. The zero-order valence-corrected chi connectivity index (χ0v) is 22.3. The standard InChI is InChI=1S/C26H29N5O4.C2HF3O2/c32-23(9-4-5-14-27-26-28-15-6-16-29-26)30-18-24(33)31-22(17-25(34)35)21-12-10-20(11-13-21)19-7-2-1-3-8-19;3-2(4,5)1(6)7/h1-3,6-8,10-13,15-16,22H,4-5,9,14,17-18H2,(H,30,32)(H,31,33)(H,34,35)(H,27,28,29);(H,6,7). The fraction of sp³-hybridized carbons (Fsp3) is 0.286. The van der Waals surface area contributed by atoms with Gasteiger partial charge < -0.3 is 26.2 Å². The van der Waals surface area contributed by atoms with Crippen molar-refractivity contribution in [3.05, 3.63) is 78.6 Å². The lowest BCUT2D eigenvalue weighted by Gasteiger charge is -2.18. The maximum absolute atomic E-state index is 12.4. The molecular weight excluding hydrogens is 559 g/mol. The molecular formula is C28H30F3N5O6. The van der Waals surface area contributed by atoms with E-state index in [1.165, 1.54) is 0 Å². The van der Waals surface area contributed by atoms with Crippen LogP contribution in [0.3, 0.4) is 0 Å². The van der Waals surface area contributed by atoms with Crippen molar-refractivity contribution in [2.75, 3.05) is 18.4 Å². The van der Waals surface area contributed by atoms with Gasteiger partial charge in [0.25, 0.3) is 0 Å². The van der Waals surface area contributed by atoms with E-state index in [1.54, 1.807) is 18.5 Å². The van der Waals surface area contributed by atoms with Gasteiger partial charge >= 0.3 is 18.1 Å². The number of nitrogens with zero attached hydrogens (tertiary/aromatic N) is 2. The molecule has 42 heavy (non-hydrogen) atoms. The van der Waals surface area contributed by atoms with Gasteiger partial charge in [0.1, 0.15) is 0 Å². The summed E-state index contributed by atoms with van der Waals surface area (Å²) in [5, 5.41) is 24.8. The summed E-state index contributed by atoms with van der Waals surface area (Å²) in [6.07, 6.45) is -0.379. The highest BCUT2D eigenvalue weighted by Crippen LogP contribution is 2.23. The van der Waals surface area contributed by atoms with Crippen molar-refractivity contribution in [1.82, 2.24) is 20.6 Å². The van der Waals surface area contributed by atoms with Crippen molar-refractivity contribution in [2.24, 2.45) is 0 Å². The van der Waals surface area contributed by atoms with Gasteiger partial charge in [0.2, 0.25) is 17.8 Å². The summed E-state index contributed by atoms with van der Waals surface area (Å²) in [5.74, 6) is -3.93. The minimum Gasteiger partial charge on any atom is -0.481 e. The predicted molar refractivity (Wildman–Crippen MR) is 146 cm³/mol. The number of benzene rings is 2. The van der Waals surface area contributed by atoms with Crippen LogP contribution in [0.2, 0.25) is 0 Å². The first-order chi connectivity index (χ1) is 20.0. The first-order valence-corrected chi connectivity index (χ1v) is 12.7. The Morgan fingerprint density at radius 1 is 0.810 bits per heavy atom. The Hall–Kier alpha value is -5.01. The summed E-state index contributed by atoms with van der Waals surface area (Å²) in [6.45, 7) is 0.421. The smallest absolute Gasteiger partial charge is 0.481 e. The Labute approximate surface area is 239 Å². The third kappa shape index (κ3) is 12.9. The molecule has 3 rings (SSSR count). The molecule has 0 aliphatic rings. The summed E-state index contributed by atoms with van der Waals surface area (Å²) in [7, 11) is 0. The average Bonchev–Trinajstić information content (AvgIpc) is 2.96. The first-order valence-electron chi connectivity index (χ1n) is 12.7. The number of aliphatic carboxylic acids is 2. The largest absolute Gasteiger partial charge is 0.490 e. The SMILES string of the molecule is O=C(O)C(F)(F)F.O=C(O)CC(NC(=O)CNC(=O)CCCCNc1ncccn1)c1ccc(-c2ccccc2)cc1. The number of unbranched alkanes of at least 4 members (excludes halogenated alkanes) is 1. The number of halogens is 3. The van der Waals surface area contributed by atoms with E-state index in [-0.39, 0.29) is 25.3 Å². The van der Waals surface area contributed by atoms with E-state index in [0.717, 1.165) is 17.5 Å². The molecule has 224 valence electrons. The maximum Gasteiger partial charge on any atom is 0.490 e. The second-order valence-electron chi connectivity index (χ2n) is 8.74. The second-order valence-corrected chi connectivity index (χ2v) is 8.74. The Kier molecular flexibility index (Phi) is 13.4. The van der Waals surface area contributed by atoms with Crippen LogP contribution in [0.1, 0.15) is 37.3 Å². The monoisotopic (exact) mass is 589 g/mol. The molecule has 1 unspecified atom stereocenters. The number of hydrogen-bond acceptors (Lipinski definition) is 7. The molecule has 14 heteroatoms. The van der Waals surface area contributed by atoms with Crippen molar-refractivity contribution in [3.8, 4) is 11.1 Å². The van der Waals surface area contributed by atoms with Gasteiger partial charge in [-0.1, -0.05) is 54.6 Å². The molecule has 1 atom stereocenters. The van der Waals surface area contributed by atoms with Crippen LogP contribution < -0.4 is 16.0 Å². The van der Waals surface area contributed by atoms with Crippen LogP contribution in [0.25, 0.3) is 11.1 Å². The number of hydrogen-bond donors (Lipinski definition) is 5. The highest BCUT2D eigenvalue weighted by molar-refractivity contribution is 5.85. The molecule has 0 radical (unpaired) electrons. The Bertz CT molecular complexity index is 1290. The topological polar surface area (TPSA) is 171 Å². The van der Waals surface area contributed by atoms with Gasteiger partial charge in [-0.25, -0.2) is 14.8 Å². The minimum absolute atomic E-state index is 0.215. The fourth-order valence-electron chi connectivity index (χ4n) is 3.48. The van der Waals surface area contributed by atoms with Crippen LogP contribution in [-0.4, -0.2) is 63.2 Å². The van der Waals surface area contributed by atoms with E-state index in [0.29, 0.717) is 24.5 Å². The van der Waals surface area contributed by atoms with E-state index < -0.39 is 30.1 Å². The van der Waals surface area contributed by atoms with E-state index in [1.807, 2.05) is 54.6 Å². The Morgan fingerprint density at radius 3 is 1.98 bits per heavy atom. The lowest BCUT2D eigenvalue weighted by molar-refractivity contribution is -0.192. The molecule has 2 amide bonds. The molecule has 0 aliphatic carbocycles. The lowest BCUT2D eigenvalue weighted by atomic mass is 9.99. The van der Waals surface area contributed by atoms with Crippen LogP contribution in [0.4, 0.5) is 19.1 Å². The first kappa shape index (κ1) is 33.2. The van der Waals surface area contributed by atoms with Crippen LogP contribution in [-0.2, 0) is 19.2 Å². The summed E-state index contributed by atoms with van der Waals surface area (Å²) in [5.41, 5.74) is 2.72. The van der Waals surface area contributed by atoms with Crippen LogP contribution in [0.5, 0.6) is 0 Å². The lowest BCUT2D eigenvalue weighted by Crippen LogP contribution is -2.39. The molecule has 0 saturated heterocycles. The molecule has 11 nitrogen and oxygen atoms in total. The van der Waals surface area contributed by atoms with Gasteiger partial charge in [-0.2, -0.15) is 13.2 Å². The van der Waals surface area contributed by atoms with Crippen molar-refractivity contribution in [3.63, 3.8) is 0 Å². The fourth-order valence-corrected chi connectivity index (χ4v) is 3.48. The number of carboxylic acids is 2. The van der Waals surface area contributed by atoms with Crippen molar-refractivity contribution >= 4 is 29.7 Å². The average molecular weight is 590 g/mol. The number of carbonyl (C=O) groups is 4. The van der Waals surface area contributed by atoms with Gasteiger partial charge in [0.05, 0.1) is 19.0 Å². The Balaban J connectivity index is 0.000000782. The molecule has 0 spiro atoms. The summed E-state index contributed by atoms with van der Waals surface area (Å²) >= 11 is 0. The van der Waals surface area contributed by atoms with Gasteiger partial charge in [0.15, 0.2) is 0 Å². The number of anilines is 1. The molecule has 0 bridgehead atoms. The summed E-state index contributed by atoms with van der Waals surface area (Å²) < 4.78 is 31.7. The molecule has 1 aromatic heterocycles. The molecule has 1 heterocycles. The molecule has 2 aromatic carbocycles. The predicted octanol–water partition coefficient (Wildman–Crippen LogP) is 3.81. The highest BCUT2D eigenvalue weighted by atomic mass is 19.4. The number of rotatable bonds is 13. The van der Waals surface area contributed by atoms with Gasteiger partial charge in [-0.15, -0.1) is 0 Å². The van der Waals surface area contributed by atoms with Gasteiger partial charge in [-0.05, 0) is 35.6 Å². The van der Waals surface area contributed by atoms with Gasteiger partial charge in [0, 0.05) is 25.4 Å². The molecule has 0 aliphatic heterocycles. The normalized spacial score (nSPS) is 11.3. The van der Waals surface area contributed by atoms with E-state index in [4.69, 9.17) is 9.90 Å². The molecule has 3 aromatic rings. The van der Waals surface area contributed by atoms with Crippen molar-refractivity contribution in [1.29, 1.82) is 0 Å². The van der Waals surface area contributed by atoms with E-state index in [2.05, 4.69) is 25.9 Å².